The van der Waals surface area contributed by atoms with E-state index in [1.165, 1.54) is 31.4 Å². The summed E-state index contributed by atoms with van der Waals surface area (Å²) >= 11 is 0. The van der Waals surface area contributed by atoms with Crippen LogP contribution in [-0.4, -0.2) is 10.7 Å². The van der Waals surface area contributed by atoms with Gasteiger partial charge in [-0.25, -0.2) is 0 Å². The second-order valence-electron chi connectivity index (χ2n) is 8.43. The Balaban J connectivity index is 3.11. The maximum atomic E-state index is 13.2. The fraction of sp³-hybridized carbons (Fsp3) is 0.739. The SMILES string of the molecule is CCCCCCCCC(c1cccc(C(F)(F)F)c1)C(O)(C(C)C)C(C)C. The number of hydrogen-bond donors (Lipinski definition) is 1. The first-order valence-corrected chi connectivity index (χ1v) is 10.4. The number of hydrogen-bond acceptors (Lipinski definition) is 1. The molecule has 0 saturated carbocycles. The van der Waals surface area contributed by atoms with Crippen LogP contribution in [-0.2, 0) is 6.18 Å². The molecule has 1 nitrogen and oxygen atoms in total. The van der Waals surface area contributed by atoms with Gasteiger partial charge in [0.1, 0.15) is 0 Å². The van der Waals surface area contributed by atoms with Gasteiger partial charge in [-0.05, 0) is 29.9 Å². The third-order valence-corrected chi connectivity index (χ3v) is 5.87. The predicted octanol–water partition coefficient (Wildman–Crippen LogP) is 7.58. The fourth-order valence-corrected chi connectivity index (χ4v) is 4.20. The summed E-state index contributed by atoms with van der Waals surface area (Å²) in [5.41, 5.74) is -1.07. The van der Waals surface area contributed by atoms with E-state index in [-0.39, 0.29) is 17.8 Å². The zero-order valence-corrected chi connectivity index (χ0v) is 17.6. The standard InChI is InChI=1S/C23H37F3O/c1-6-7-8-9-10-11-15-21(22(27,17(2)3)18(4)5)19-13-12-14-20(16-19)23(24,25)26/h12-14,16-18,21,27H,6-11,15H2,1-5H3. The highest BCUT2D eigenvalue weighted by molar-refractivity contribution is 5.30. The minimum Gasteiger partial charge on any atom is -0.389 e. The van der Waals surface area contributed by atoms with Crippen LogP contribution in [0.25, 0.3) is 0 Å². The molecule has 0 aliphatic heterocycles. The van der Waals surface area contributed by atoms with Crippen molar-refractivity contribution in [3.8, 4) is 0 Å². The number of benzene rings is 1. The molecular weight excluding hydrogens is 349 g/mol. The molecule has 0 amide bonds. The molecule has 1 aromatic carbocycles. The summed E-state index contributed by atoms with van der Waals surface area (Å²) in [7, 11) is 0. The van der Waals surface area contributed by atoms with Crippen LogP contribution in [0.1, 0.15) is 96.6 Å². The average molecular weight is 387 g/mol. The van der Waals surface area contributed by atoms with E-state index in [0.717, 1.165) is 25.3 Å². The van der Waals surface area contributed by atoms with Crippen molar-refractivity contribution >= 4 is 0 Å². The van der Waals surface area contributed by atoms with Gasteiger partial charge in [0.05, 0.1) is 11.2 Å². The van der Waals surface area contributed by atoms with Crippen molar-refractivity contribution in [2.45, 2.75) is 97.3 Å². The van der Waals surface area contributed by atoms with Crippen LogP contribution in [0.15, 0.2) is 24.3 Å². The van der Waals surface area contributed by atoms with Gasteiger partial charge < -0.3 is 5.11 Å². The maximum Gasteiger partial charge on any atom is 0.416 e. The smallest absolute Gasteiger partial charge is 0.389 e. The molecule has 4 heteroatoms. The lowest BCUT2D eigenvalue weighted by atomic mass is 9.67. The van der Waals surface area contributed by atoms with Crippen LogP contribution in [0.4, 0.5) is 13.2 Å². The van der Waals surface area contributed by atoms with E-state index >= 15 is 0 Å². The first-order chi connectivity index (χ1) is 12.5. The van der Waals surface area contributed by atoms with E-state index < -0.39 is 17.3 Å². The van der Waals surface area contributed by atoms with Gasteiger partial charge in [-0.2, -0.15) is 13.2 Å². The highest BCUT2D eigenvalue weighted by atomic mass is 19.4. The van der Waals surface area contributed by atoms with E-state index in [9.17, 15) is 18.3 Å². The Labute approximate surface area is 163 Å². The number of aliphatic hydroxyl groups is 1. The van der Waals surface area contributed by atoms with Crippen molar-refractivity contribution in [2.75, 3.05) is 0 Å². The van der Waals surface area contributed by atoms with Gasteiger partial charge in [-0.1, -0.05) is 91.3 Å². The number of unbranched alkanes of at least 4 members (excludes halogenated alkanes) is 5. The minimum atomic E-state index is -4.37. The van der Waals surface area contributed by atoms with Gasteiger partial charge in [0, 0.05) is 5.92 Å². The maximum absolute atomic E-state index is 13.2. The fourth-order valence-electron chi connectivity index (χ4n) is 4.20. The summed E-state index contributed by atoms with van der Waals surface area (Å²) < 4.78 is 39.6. The summed E-state index contributed by atoms with van der Waals surface area (Å²) in [5, 5.41) is 11.5. The topological polar surface area (TPSA) is 20.2 Å². The Morgan fingerprint density at radius 2 is 1.44 bits per heavy atom. The summed E-state index contributed by atoms with van der Waals surface area (Å²) in [6.45, 7) is 10.0. The van der Waals surface area contributed by atoms with Crippen LogP contribution in [0.5, 0.6) is 0 Å². The third-order valence-electron chi connectivity index (χ3n) is 5.87. The molecule has 0 saturated heterocycles. The Bertz CT molecular complexity index is 541. The van der Waals surface area contributed by atoms with Crippen molar-refractivity contribution < 1.29 is 18.3 Å². The zero-order chi connectivity index (χ0) is 20.7. The number of rotatable bonds is 11. The second-order valence-corrected chi connectivity index (χ2v) is 8.43. The number of halogens is 3. The highest BCUT2D eigenvalue weighted by Crippen LogP contribution is 2.44. The van der Waals surface area contributed by atoms with Crippen molar-refractivity contribution in [1.82, 2.24) is 0 Å². The molecule has 0 bridgehead atoms. The second kappa shape index (κ2) is 10.5. The van der Waals surface area contributed by atoms with Crippen molar-refractivity contribution in [3.05, 3.63) is 35.4 Å². The van der Waals surface area contributed by atoms with Crippen molar-refractivity contribution in [3.63, 3.8) is 0 Å². The lowest BCUT2D eigenvalue weighted by molar-refractivity contribution is -0.137. The monoisotopic (exact) mass is 386 g/mol. The minimum absolute atomic E-state index is 0.0443. The van der Waals surface area contributed by atoms with Crippen LogP contribution < -0.4 is 0 Å². The molecule has 0 spiro atoms. The summed E-state index contributed by atoms with van der Waals surface area (Å²) in [5.74, 6) is -0.389. The zero-order valence-electron chi connectivity index (χ0n) is 17.6. The van der Waals surface area contributed by atoms with Crippen LogP contribution in [0.2, 0.25) is 0 Å². The molecule has 1 aromatic rings. The Kier molecular flexibility index (Phi) is 9.33. The van der Waals surface area contributed by atoms with E-state index in [0.29, 0.717) is 12.0 Å². The van der Waals surface area contributed by atoms with E-state index in [1.54, 1.807) is 6.07 Å². The van der Waals surface area contributed by atoms with Gasteiger partial charge in [-0.3, -0.25) is 0 Å². The number of alkyl halides is 3. The van der Waals surface area contributed by atoms with Crippen molar-refractivity contribution in [2.24, 2.45) is 11.8 Å². The van der Waals surface area contributed by atoms with Gasteiger partial charge in [0.2, 0.25) is 0 Å². The molecule has 0 radical (unpaired) electrons. The predicted molar refractivity (Wildman–Crippen MR) is 107 cm³/mol. The lowest BCUT2D eigenvalue weighted by Gasteiger charge is -2.43. The molecule has 0 heterocycles. The summed E-state index contributed by atoms with van der Waals surface area (Å²) in [4.78, 5) is 0. The molecule has 0 aromatic heterocycles. The molecule has 1 rings (SSSR count). The first kappa shape index (κ1) is 24.0. The molecular formula is C23H37F3O. The highest BCUT2D eigenvalue weighted by Gasteiger charge is 2.43. The summed E-state index contributed by atoms with van der Waals surface area (Å²) in [6, 6.07) is 5.55. The molecule has 0 aliphatic carbocycles. The molecule has 27 heavy (non-hydrogen) atoms. The Morgan fingerprint density at radius 3 is 1.96 bits per heavy atom. The van der Waals surface area contributed by atoms with Crippen molar-refractivity contribution in [1.29, 1.82) is 0 Å². The van der Waals surface area contributed by atoms with E-state index in [1.807, 2.05) is 27.7 Å². The lowest BCUT2D eigenvalue weighted by Crippen LogP contribution is -2.46. The van der Waals surface area contributed by atoms with E-state index in [2.05, 4.69) is 6.92 Å². The Morgan fingerprint density at radius 1 is 0.889 bits per heavy atom. The molecule has 1 unspecified atom stereocenters. The normalized spacial score (nSPS) is 14.2. The molecule has 0 aliphatic rings. The van der Waals surface area contributed by atoms with Crippen LogP contribution in [0, 0.1) is 11.8 Å². The summed E-state index contributed by atoms with van der Waals surface area (Å²) in [6.07, 6.45) is 3.07. The van der Waals surface area contributed by atoms with Crippen LogP contribution in [0.3, 0.4) is 0 Å². The van der Waals surface area contributed by atoms with Gasteiger partial charge in [0.15, 0.2) is 0 Å². The molecule has 1 atom stereocenters. The quantitative estimate of drug-likeness (QED) is 0.389. The van der Waals surface area contributed by atoms with Gasteiger partial charge in [-0.15, -0.1) is 0 Å². The average Bonchev–Trinajstić information content (AvgIpc) is 2.59. The van der Waals surface area contributed by atoms with E-state index in [4.69, 9.17) is 0 Å². The molecule has 1 N–H and O–H groups in total. The largest absolute Gasteiger partial charge is 0.416 e. The molecule has 156 valence electrons. The molecule has 0 fully saturated rings. The Hall–Kier alpha value is -1.03. The van der Waals surface area contributed by atoms with Gasteiger partial charge >= 0.3 is 6.18 Å². The van der Waals surface area contributed by atoms with Crippen LogP contribution >= 0.6 is 0 Å². The van der Waals surface area contributed by atoms with Gasteiger partial charge in [0.25, 0.3) is 0 Å². The first-order valence-electron chi connectivity index (χ1n) is 10.4. The third kappa shape index (κ3) is 6.51.